The number of amides is 1. The number of nitrogens with one attached hydrogen (secondary N) is 1. The predicted molar refractivity (Wildman–Crippen MR) is 39.5 cm³/mol. The molecule has 1 amide bonds. The van der Waals surface area contributed by atoms with Crippen LogP contribution in [0.2, 0.25) is 0 Å². The van der Waals surface area contributed by atoms with Gasteiger partial charge < -0.3 is 10.1 Å². The molecule has 10 heavy (non-hydrogen) atoms. The van der Waals surface area contributed by atoms with E-state index in [1.807, 2.05) is 6.92 Å². The first kappa shape index (κ1) is 9.43. The van der Waals surface area contributed by atoms with Crippen LogP contribution in [0.4, 0.5) is 0 Å². The van der Waals surface area contributed by atoms with Gasteiger partial charge in [-0.15, -0.1) is 0 Å². The third-order valence-electron chi connectivity index (χ3n) is 1.65. The molecule has 3 nitrogen and oxygen atoms in total. The van der Waals surface area contributed by atoms with E-state index < -0.39 is 0 Å². The molecule has 0 aliphatic carbocycles. The van der Waals surface area contributed by atoms with Crippen molar-refractivity contribution in [1.29, 1.82) is 0 Å². The third-order valence-corrected chi connectivity index (χ3v) is 1.65. The van der Waals surface area contributed by atoms with Crippen LogP contribution >= 0.6 is 0 Å². The van der Waals surface area contributed by atoms with Crippen molar-refractivity contribution in [3.63, 3.8) is 0 Å². The van der Waals surface area contributed by atoms with Crippen LogP contribution in [0.25, 0.3) is 0 Å². The van der Waals surface area contributed by atoms with E-state index in [2.05, 4.69) is 12.2 Å². The van der Waals surface area contributed by atoms with Gasteiger partial charge in [-0.2, -0.15) is 0 Å². The molecule has 60 valence electrons. The molecule has 0 aromatic carbocycles. The maximum absolute atomic E-state index is 10.0. The topological polar surface area (TPSA) is 38.3 Å². The molecule has 1 unspecified atom stereocenters. The van der Waals surface area contributed by atoms with Gasteiger partial charge in [0.05, 0.1) is 0 Å². The lowest BCUT2D eigenvalue weighted by atomic mass is 10.1. The molecule has 0 spiro atoms. The number of carbonyl (C=O) groups excluding carboxylic acids is 1. The zero-order valence-corrected chi connectivity index (χ0v) is 6.76. The van der Waals surface area contributed by atoms with Crippen LogP contribution in [-0.2, 0) is 9.53 Å². The first-order chi connectivity index (χ1) is 4.76. The molecular weight excluding hydrogens is 130 g/mol. The van der Waals surface area contributed by atoms with Gasteiger partial charge in [0.15, 0.2) is 0 Å². The Morgan fingerprint density at radius 2 is 2.30 bits per heavy atom. The molecule has 1 N–H and O–H groups in total. The van der Waals surface area contributed by atoms with Crippen molar-refractivity contribution in [1.82, 2.24) is 5.32 Å². The number of hydrogen-bond acceptors (Lipinski definition) is 2. The van der Waals surface area contributed by atoms with Crippen LogP contribution < -0.4 is 5.32 Å². The fourth-order valence-corrected chi connectivity index (χ4v) is 0.746. The van der Waals surface area contributed by atoms with Crippen LogP contribution in [0.3, 0.4) is 0 Å². The van der Waals surface area contributed by atoms with Gasteiger partial charge in [-0.05, 0) is 6.42 Å². The largest absolute Gasteiger partial charge is 0.361 e. The summed E-state index contributed by atoms with van der Waals surface area (Å²) < 4.78 is 5.00. The quantitative estimate of drug-likeness (QED) is 0.458. The van der Waals surface area contributed by atoms with E-state index in [-0.39, 0.29) is 6.23 Å². The van der Waals surface area contributed by atoms with E-state index in [0.717, 1.165) is 6.42 Å². The van der Waals surface area contributed by atoms with Crippen LogP contribution in [0.1, 0.15) is 20.3 Å². The van der Waals surface area contributed by atoms with Crippen molar-refractivity contribution < 1.29 is 9.53 Å². The van der Waals surface area contributed by atoms with E-state index >= 15 is 0 Å². The van der Waals surface area contributed by atoms with Crippen molar-refractivity contribution in [3.05, 3.63) is 0 Å². The average Bonchev–Trinajstić information content (AvgIpc) is 1.99. The van der Waals surface area contributed by atoms with Crippen LogP contribution in [-0.4, -0.2) is 19.7 Å². The summed E-state index contributed by atoms with van der Waals surface area (Å²) in [6.07, 6.45) is 1.53. The lowest BCUT2D eigenvalue weighted by molar-refractivity contribution is -0.114. The molecule has 2 atom stereocenters. The van der Waals surface area contributed by atoms with Crippen molar-refractivity contribution in [2.75, 3.05) is 7.11 Å². The smallest absolute Gasteiger partial charge is 0.209 e. The normalized spacial score (nSPS) is 15.9. The van der Waals surface area contributed by atoms with Crippen molar-refractivity contribution >= 4 is 6.41 Å². The number of rotatable bonds is 5. The molecule has 0 aliphatic rings. The summed E-state index contributed by atoms with van der Waals surface area (Å²) in [5.74, 6) is 0.371. The number of methoxy groups -OCH3 is 1. The maximum atomic E-state index is 10.0. The zero-order chi connectivity index (χ0) is 7.98. The Hall–Kier alpha value is -0.570. The van der Waals surface area contributed by atoms with Gasteiger partial charge in [-0.25, -0.2) is 0 Å². The fourth-order valence-electron chi connectivity index (χ4n) is 0.746. The van der Waals surface area contributed by atoms with Gasteiger partial charge in [-0.1, -0.05) is 13.8 Å². The summed E-state index contributed by atoms with van der Waals surface area (Å²) in [6.45, 7) is 4.09. The minimum atomic E-state index is -0.137. The molecule has 0 heterocycles. The lowest BCUT2D eigenvalue weighted by Crippen LogP contribution is -2.35. The lowest BCUT2D eigenvalue weighted by Gasteiger charge is -2.19. The fraction of sp³-hybridized carbons (Fsp3) is 0.857. The van der Waals surface area contributed by atoms with Crippen LogP contribution in [0.15, 0.2) is 0 Å². The van der Waals surface area contributed by atoms with E-state index in [0.29, 0.717) is 12.3 Å². The average molecular weight is 145 g/mol. The van der Waals surface area contributed by atoms with E-state index in [9.17, 15) is 4.79 Å². The number of hydrogen-bond donors (Lipinski definition) is 1. The molecule has 0 fully saturated rings. The first-order valence-electron chi connectivity index (χ1n) is 3.48. The summed E-state index contributed by atoms with van der Waals surface area (Å²) in [5.41, 5.74) is 0. The Morgan fingerprint density at radius 3 is 2.60 bits per heavy atom. The van der Waals surface area contributed by atoms with Gasteiger partial charge in [0.2, 0.25) is 6.41 Å². The second kappa shape index (κ2) is 5.23. The molecule has 0 saturated heterocycles. The predicted octanol–water partition coefficient (Wildman–Crippen LogP) is 0.751. The molecule has 3 heteroatoms. The minimum absolute atomic E-state index is 0.137. The van der Waals surface area contributed by atoms with Gasteiger partial charge in [0.1, 0.15) is 6.23 Å². The second-order valence-corrected chi connectivity index (χ2v) is 2.33. The van der Waals surface area contributed by atoms with Gasteiger partial charge in [0, 0.05) is 13.0 Å². The number of carbonyl (C=O) groups is 1. The molecule has 0 saturated carbocycles. The van der Waals surface area contributed by atoms with Crippen LogP contribution in [0, 0.1) is 5.92 Å². The van der Waals surface area contributed by atoms with Crippen molar-refractivity contribution in [2.24, 2.45) is 5.92 Å². The van der Waals surface area contributed by atoms with E-state index in [1.54, 1.807) is 7.11 Å². The maximum Gasteiger partial charge on any atom is 0.209 e. The van der Waals surface area contributed by atoms with Gasteiger partial charge >= 0.3 is 0 Å². The molecule has 0 aromatic rings. The highest BCUT2D eigenvalue weighted by Crippen LogP contribution is 2.06. The molecule has 0 radical (unpaired) electrons. The van der Waals surface area contributed by atoms with E-state index in [4.69, 9.17) is 4.74 Å². The molecule has 0 aliphatic heterocycles. The first-order valence-corrected chi connectivity index (χ1v) is 3.48. The van der Waals surface area contributed by atoms with E-state index in [1.165, 1.54) is 0 Å². The highest BCUT2D eigenvalue weighted by Gasteiger charge is 2.12. The summed E-state index contributed by atoms with van der Waals surface area (Å²) in [5, 5.41) is 2.58. The molecular formula is C7H15NO2. The Labute approximate surface area is 61.8 Å². The summed E-state index contributed by atoms with van der Waals surface area (Å²) >= 11 is 0. The zero-order valence-electron chi connectivity index (χ0n) is 6.76. The Balaban J connectivity index is 3.67. The summed E-state index contributed by atoms with van der Waals surface area (Å²) in [6, 6.07) is 0. The highest BCUT2D eigenvalue weighted by atomic mass is 16.5. The van der Waals surface area contributed by atoms with Gasteiger partial charge in [0.25, 0.3) is 0 Å². The van der Waals surface area contributed by atoms with Crippen LogP contribution in [0.5, 0.6) is 0 Å². The number of ether oxygens (including phenoxy) is 1. The summed E-state index contributed by atoms with van der Waals surface area (Å²) in [4.78, 5) is 10.0. The third kappa shape index (κ3) is 2.82. The minimum Gasteiger partial charge on any atom is -0.361 e. The molecule has 0 rings (SSSR count). The Morgan fingerprint density at radius 1 is 1.70 bits per heavy atom. The highest BCUT2D eigenvalue weighted by molar-refractivity contribution is 5.46. The SMILES string of the molecule is CC[C@H](C)C(NC=O)OC. The van der Waals surface area contributed by atoms with Crippen molar-refractivity contribution in [3.8, 4) is 0 Å². The summed E-state index contributed by atoms with van der Waals surface area (Å²) in [7, 11) is 1.59. The molecule has 0 aromatic heterocycles. The Kier molecular flexibility index (Phi) is 4.94. The Bertz CT molecular complexity index is 95.6. The second-order valence-electron chi connectivity index (χ2n) is 2.33. The van der Waals surface area contributed by atoms with Crippen molar-refractivity contribution in [2.45, 2.75) is 26.5 Å². The monoisotopic (exact) mass is 145 g/mol. The molecule has 0 bridgehead atoms. The van der Waals surface area contributed by atoms with Gasteiger partial charge in [-0.3, -0.25) is 4.79 Å². The standard InChI is InChI=1S/C7H15NO2/c1-4-6(2)7(10-3)8-5-9/h5-7H,4H2,1-3H3,(H,8,9)/t6-,7?/m0/s1.